The van der Waals surface area contributed by atoms with E-state index in [1.165, 1.54) is 6.92 Å². The summed E-state index contributed by atoms with van der Waals surface area (Å²) < 4.78 is 7.20. The molecule has 0 saturated heterocycles. The van der Waals surface area contributed by atoms with E-state index in [4.69, 9.17) is 9.84 Å². The first-order valence-corrected chi connectivity index (χ1v) is 9.32. The van der Waals surface area contributed by atoms with Gasteiger partial charge in [0.05, 0.1) is 18.4 Å². The maximum Gasteiger partial charge on any atom is 0.221 e. The molecule has 0 aliphatic carbocycles. The molecule has 0 spiro atoms. The minimum absolute atomic E-state index is 0.0936. The lowest BCUT2D eigenvalue weighted by atomic mass is 10.1. The summed E-state index contributed by atoms with van der Waals surface area (Å²) in [6.45, 7) is 1.49. The van der Waals surface area contributed by atoms with E-state index in [1.54, 1.807) is 23.5 Å². The number of anilines is 1. The molecule has 7 nitrogen and oxygen atoms in total. The third kappa shape index (κ3) is 3.43. The predicted octanol–water partition coefficient (Wildman–Crippen LogP) is 3.27. The van der Waals surface area contributed by atoms with Crippen molar-refractivity contribution in [1.82, 2.24) is 14.9 Å². The van der Waals surface area contributed by atoms with Gasteiger partial charge in [-0.05, 0) is 29.8 Å². The predicted molar refractivity (Wildman–Crippen MR) is 105 cm³/mol. The Labute approximate surface area is 160 Å². The van der Waals surface area contributed by atoms with Crippen molar-refractivity contribution in [3.63, 3.8) is 0 Å². The Morgan fingerprint density at radius 1 is 1.15 bits per heavy atom. The van der Waals surface area contributed by atoms with E-state index in [9.17, 15) is 4.79 Å². The van der Waals surface area contributed by atoms with Crippen molar-refractivity contribution < 1.29 is 9.53 Å². The van der Waals surface area contributed by atoms with E-state index >= 15 is 0 Å². The van der Waals surface area contributed by atoms with Crippen LogP contribution in [0.25, 0.3) is 11.4 Å². The van der Waals surface area contributed by atoms with Crippen molar-refractivity contribution in [2.75, 3.05) is 18.2 Å². The van der Waals surface area contributed by atoms with Crippen LogP contribution in [0.5, 0.6) is 5.75 Å². The second kappa shape index (κ2) is 7.24. The van der Waals surface area contributed by atoms with Crippen LogP contribution in [-0.2, 0) is 4.79 Å². The van der Waals surface area contributed by atoms with Crippen LogP contribution in [0.15, 0.2) is 58.8 Å². The molecule has 2 heterocycles. The maximum atomic E-state index is 11.2. The summed E-state index contributed by atoms with van der Waals surface area (Å²) >= 11 is 1.58. The minimum atomic E-state index is -0.0936. The van der Waals surface area contributed by atoms with Gasteiger partial charge < -0.3 is 10.1 Å². The van der Waals surface area contributed by atoms with Crippen LogP contribution in [0.1, 0.15) is 12.5 Å². The molecular weight excluding hydrogens is 362 g/mol. The zero-order chi connectivity index (χ0) is 18.8. The Bertz CT molecular complexity index is 1030. The number of hydrogen-bond acceptors (Lipinski definition) is 6. The number of carbonyl (C=O) groups excluding carboxylic acids is 1. The Balaban J connectivity index is 1.71. The van der Waals surface area contributed by atoms with Crippen LogP contribution in [-0.4, -0.2) is 39.4 Å². The first-order chi connectivity index (χ1) is 13.2. The molecule has 0 radical (unpaired) electrons. The number of thioether (sulfide) groups is 1. The topological polar surface area (TPSA) is 81.4 Å². The van der Waals surface area contributed by atoms with Crippen molar-refractivity contribution in [2.24, 2.45) is 5.10 Å². The van der Waals surface area contributed by atoms with E-state index in [1.807, 2.05) is 48.5 Å². The number of benzene rings is 2. The number of fused-ring (bicyclic) bond motifs is 1. The first-order valence-electron chi connectivity index (χ1n) is 8.33. The molecule has 1 aromatic heterocycles. The molecule has 3 aromatic rings. The van der Waals surface area contributed by atoms with Gasteiger partial charge in [-0.15, -0.1) is 10.2 Å². The van der Waals surface area contributed by atoms with Crippen molar-refractivity contribution in [3.8, 4) is 17.1 Å². The lowest BCUT2D eigenvalue weighted by molar-refractivity contribution is -0.114. The molecule has 1 aliphatic heterocycles. The lowest BCUT2D eigenvalue weighted by Gasteiger charge is -2.15. The molecule has 1 N–H and O–H groups in total. The van der Waals surface area contributed by atoms with Crippen molar-refractivity contribution in [3.05, 3.63) is 54.1 Å². The average Bonchev–Trinajstić information content (AvgIpc) is 3.11. The second-order valence-corrected chi connectivity index (χ2v) is 6.85. The van der Waals surface area contributed by atoms with Gasteiger partial charge in [0, 0.05) is 18.4 Å². The maximum absolute atomic E-state index is 11.2. The molecule has 8 heteroatoms. The zero-order valence-electron chi connectivity index (χ0n) is 14.8. The molecule has 0 fully saturated rings. The second-order valence-electron chi connectivity index (χ2n) is 5.91. The Hall–Kier alpha value is -3.13. The van der Waals surface area contributed by atoms with Gasteiger partial charge in [-0.1, -0.05) is 36.0 Å². The molecule has 1 aliphatic rings. The van der Waals surface area contributed by atoms with Crippen LogP contribution in [0.3, 0.4) is 0 Å². The van der Waals surface area contributed by atoms with Gasteiger partial charge in [0.2, 0.25) is 11.1 Å². The van der Waals surface area contributed by atoms with Crippen LogP contribution in [0, 0.1) is 0 Å². The summed E-state index contributed by atoms with van der Waals surface area (Å²) in [6.07, 6.45) is 0. The summed E-state index contributed by atoms with van der Waals surface area (Å²) in [5.74, 6) is 1.97. The number of hydrogen-bond donors (Lipinski definition) is 1. The van der Waals surface area contributed by atoms with Crippen LogP contribution < -0.4 is 10.1 Å². The van der Waals surface area contributed by atoms with Gasteiger partial charge in [-0.25, -0.2) is 0 Å². The Morgan fingerprint density at radius 2 is 1.93 bits per heavy atom. The van der Waals surface area contributed by atoms with E-state index < -0.39 is 0 Å². The lowest BCUT2D eigenvalue weighted by Crippen LogP contribution is -2.14. The van der Waals surface area contributed by atoms with Gasteiger partial charge in [0.1, 0.15) is 5.75 Å². The number of ether oxygens (including phenoxy) is 1. The smallest absolute Gasteiger partial charge is 0.221 e. The van der Waals surface area contributed by atoms with Crippen molar-refractivity contribution in [2.45, 2.75) is 12.1 Å². The van der Waals surface area contributed by atoms with Gasteiger partial charge >= 0.3 is 0 Å². The highest BCUT2D eigenvalue weighted by molar-refractivity contribution is 7.99. The number of nitrogens with zero attached hydrogens (tertiary/aromatic N) is 4. The average molecular weight is 379 g/mol. The molecule has 0 saturated carbocycles. The number of methoxy groups -OCH3 is 1. The van der Waals surface area contributed by atoms with E-state index in [0.717, 1.165) is 33.4 Å². The molecule has 1 amide bonds. The normalized spacial score (nSPS) is 12.9. The highest BCUT2D eigenvalue weighted by atomic mass is 32.2. The minimum Gasteiger partial charge on any atom is -0.496 e. The third-order valence-electron chi connectivity index (χ3n) is 4.06. The van der Waals surface area contributed by atoms with E-state index in [0.29, 0.717) is 11.6 Å². The fourth-order valence-corrected chi connectivity index (χ4v) is 3.65. The third-order valence-corrected chi connectivity index (χ3v) is 4.99. The van der Waals surface area contributed by atoms with E-state index in [2.05, 4.69) is 15.5 Å². The SMILES string of the molecule is COc1ccccc1-c1nnc2n1N=C(c1ccc(NC(C)=O)cc1)CS2. The highest BCUT2D eigenvalue weighted by Crippen LogP contribution is 2.33. The molecule has 0 unspecified atom stereocenters. The van der Waals surface area contributed by atoms with Gasteiger partial charge in [-0.3, -0.25) is 4.79 Å². The number of rotatable bonds is 4. The summed E-state index contributed by atoms with van der Waals surface area (Å²) in [5, 5.41) is 16.8. The number of aromatic nitrogens is 3. The van der Waals surface area contributed by atoms with Crippen molar-refractivity contribution >= 4 is 29.1 Å². The molecule has 27 heavy (non-hydrogen) atoms. The molecular formula is C19H17N5O2S. The summed E-state index contributed by atoms with van der Waals surface area (Å²) in [4.78, 5) is 11.2. The fourth-order valence-electron chi connectivity index (χ4n) is 2.82. The Morgan fingerprint density at radius 3 is 2.67 bits per heavy atom. The number of amides is 1. The first kappa shape index (κ1) is 17.3. The van der Waals surface area contributed by atoms with Gasteiger partial charge in [-0.2, -0.15) is 9.78 Å². The largest absolute Gasteiger partial charge is 0.496 e. The molecule has 136 valence electrons. The summed E-state index contributed by atoms with van der Waals surface area (Å²) in [7, 11) is 1.63. The molecule has 4 rings (SSSR count). The van der Waals surface area contributed by atoms with Crippen LogP contribution in [0.4, 0.5) is 5.69 Å². The zero-order valence-corrected chi connectivity index (χ0v) is 15.7. The number of carbonyl (C=O) groups is 1. The monoisotopic (exact) mass is 379 g/mol. The highest BCUT2D eigenvalue weighted by Gasteiger charge is 2.22. The van der Waals surface area contributed by atoms with Crippen LogP contribution in [0.2, 0.25) is 0 Å². The number of para-hydroxylation sites is 1. The fraction of sp³-hybridized carbons (Fsp3) is 0.158. The van der Waals surface area contributed by atoms with E-state index in [-0.39, 0.29) is 5.91 Å². The van der Waals surface area contributed by atoms with Crippen molar-refractivity contribution in [1.29, 1.82) is 0 Å². The molecule has 2 aromatic carbocycles. The summed E-state index contributed by atoms with van der Waals surface area (Å²) in [5.41, 5.74) is 3.50. The number of nitrogens with one attached hydrogen (secondary N) is 1. The standard InChI is InChI=1S/C19H17N5O2S/c1-12(25)20-14-9-7-13(8-10-14)16-11-27-19-22-21-18(24(19)23-16)15-5-3-4-6-17(15)26-2/h3-10H,11H2,1-2H3,(H,20,25). The molecule has 0 atom stereocenters. The Kier molecular flexibility index (Phi) is 4.64. The summed E-state index contributed by atoms with van der Waals surface area (Å²) in [6, 6.07) is 15.3. The molecule has 0 bridgehead atoms. The quantitative estimate of drug-likeness (QED) is 0.752. The van der Waals surface area contributed by atoms with Crippen LogP contribution >= 0.6 is 11.8 Å². The van der Waals surface area contributed by atoms with Gasteiger partial charge in [0.25, 0.3) is 0 Å². The van der Waals surface area contributed by atoms with Gasteiger partial charge in [0.15, 0.2) is 5.82 Å².